The number of halogens is 2. The van der Waals surface area contributed by atoms with Gasteiger partial charge in [-0.3, -0.25) is 9.69 Å². The zero-order valence-electron chi connectivity index (χ0n) is 9.75. The molecule has 92 valence electrons. The van der Waals surface area contributed by atoms with Crippen molar-refractivity contribution in [1.82, 2.24) is 4.90 Å². The van der Waals surface area contributed by atoms with Gasteiger partial charge in [-0.15, -0.1) is 0 Å². The van der Waals surface area contributed by atoms with E-state index < -0.39 is 23.0 Å². The monoisotopic (exact) mass is 239 g/mol. The smallest absolute Gasteiger partial charge is 0.182 e. The molecule has 4 heteroatoms. The second kappa shape index (κ2) is 4.92. The lowest BCUT2D eigenvalue weighted by Gasteiger charge is -2.15. The van der Waals surface area contributed by atoms with E-state index in [9.17, 15) is 13.6 Å². The Hall–Kier alpha value is -1.29. The molecule has 0 spiro atoms. The molecule has 1 fully saturated rings. The van der Waals surface area contributed by atoms with Crippen molar-refractivity contribution >= 4 is 5.78 Å². The minimum atomic E-state index is -0.783. The van der Waals surface area contributed by atoms with Gasteiger partial charge in [0.1, 0.15) is 11.6 Å². The quantitative estimate of drug-likeness (QED) is 0.736. The van der Waals surface area contributed by atoms with Gasteiger partial charge in [0.05, 0.1) is 12.1 Å². The van der Waals surface area contributed by atoms with Gasteiger partial charge < -0.3 is 0 Å². The normalized spacial score (nSPS) is 15.3. The lowest BCUT2D eigenvalue weighted by molar-refractivity contribution is 0.0936. The lowest BCUT2D eigenvalue weighted by atomic mass is 10.1. The Morgan fingerprint density at radius 3 is 2.47 bits per heavy atom. The lowest BCUT2D eigenvalue weighted by Crippen LogP contribution is -2.28. The topological polar surface area (TPSA) is 20.3 Å². The van der Waals surface area contributed by atoms with E-state index in [0.717, 1.165) is 18.7 Å². The summed E-state index contributed by atoms with van der Waals surface area (Å²) in [5.74, 6) is -1.41. The van der Waals surface area contributed by atoms with Crippen molar-refractivity contribution in [2.75, 3.05) is 20.1 Å². The second-order valence-corrected chi connectivity index (χ2v) is 4.66. The molecule has 2 nitrogen and oxygen atoms in total. The van der Waals surface area contributed by atoms with E-state index in [4.69, 9.17) is 0 Å². The van der Waals surface area contributed by atoms with Crippen LogP contribution in [-0.4, -0.2) is 30.8 Å². The largest absolute Gasteiger partial charge is 0.299 e. The summed E-state index contributed by atoms with van der Waals surface area (Å²) in [5, 5.41) is 0. The summed E-state index contributed by atoms with van der Waals surface area (Å²) >= 11 is 0. The van der Waals surface area contributed by atoms with Gasteiger partial charge in [0.25, 0.3) is 0 Å². The molecule has 0 amide bonds. The molecular formula is C13H15F2NO. The molecule has 1 aliphatic rings. The molecule has 1 aliphatic carbocycles. The fourth-order valence-electron chi connectivity index (χ4n) is 1.89. The van der Waals surface area contributed by atoms with Gasteiger partial charge >= 0.3 is 0 Å². The van der Waals surface area contributed by atoms with Crippen molar-refractivity contribution in [2.24, 2.45) is 5.92 Å². The molecule has 2 rings (SSSR count). The van der Waals surface area contributed by atoms with Crippen LogP contribution in [0.25, 0.3) is 0 Å². The molecule has 0 heterocycles. The number of hydrogen-bond acceptors (Lipinski definition) is 2. The number of benzene rings is 1. The molecule has 1 saturated carbocycles. The van der Waals surface area contributed by atoms with Crippen LogP contribution in [-0.2, 0) is 0 Å². The Kier molecular flexibility index (Phi) is 3.52. The average Bonchev–Trinajstić information content (AvgIpc) is 3.00. The standard InChI is InChI=1S/C13H15F2NO/c1-16(7-9-5-6-9)8-12(17)13-10(14)3-2-4-11(13)15/h2-4,9H,5-8H2,1H3. The van der Waals surface area contributed by atoms with E-state index in [1.165, 1.54) is 18.9 Å². The molecule has 1 aromatic carbocycles. The summed E-state index contributed by atoms with van der Waals surface area (Å²) in [7, 11) is 1.80. The van der Waals surface area contributed by atoms with Crippen molar-refractivity contribution in [3.8, 4) is 0 Å². The summed E-state index contributed by atoms with van der Waals surface area (Å²) < 4.78 is 26.7. The average molecular weight is 239 g/mol. The predicted octanol–water partition coefficient (Wildman–Crippen LogP) is 2.49. The number of nitrogens with zero attached hydrogens (tertiary/aromatic N) is 1. The van der Waals surface area contributed by atoms with E-state index in [1.807, 2.05) is 4.90 Å². The maximum Gasteiger partial charge on any atom is 0.182 e. The third-order valence-electron chi connectivity index (χ3n) is 2.92. The SMILES string of the molecule is CN(CC(=O)c1c(F)cccc1F)CC1CC1. The van der Waals surface area contributed by atoms with E-state index in [1.54, 1.807) is 7.05 Å². The van der Waals surface area contributed by atoms with Crippen LogP contribution < -0.4 is 0 Å². The molecule has 0 aromatic heterocycles. The number of carbonyl (C=O) groups excluding carboxylic acids is 1. The first kappa shape index (κ1) is 12.2. The van der Waals surface area contributed by atoms with Gasteiger partial charge in [-0.1, -0.05) is 6.07 Å². The summed E-state index contributed by atoms with van der Waals surface area (Å²) in [6, 6.07) is 3.48. The van der Waals surface area contributed by atoms with Crippen LogP contribution >= 0.6 is 0 Å². The van der Waals surface area contributed by atoms with Crippen molar-refractivity contribution in [2.45, 2.75) is 12.8 Å². The van der Waals surface area contributed by atoms with Crippen LogP contribution in [0.1, 0.15) is 23.2 Å². The number of carbonyl (C=O) groups is 1. The highest BCUT2D eigenvalue weighted by Crippen LogP contribution is 2.29. The van der Waals surface area contributed by atoms with Crippen LogP contribution in [0.4, 0.5) is 8.78 Å². The van der Waals surface area contributed by atoms with Crippen molar-refractivity contribution in [1.29, 1.82) is 0 Å². The van der Waals surface area contributed by atoms with Crippen molar-refractivity contribution in [3.63, 3.8) is 0 Å². The third kappa shape index (κ3) is 3.09. The van der Waals surface area contributed by atoms with E-state index in [-0.39, 0.29) is 6.54 Å². The van der Waals surface area contributed by atoms with Crippen LogP contribution in [0.2, 0.25) is 0 Å². The molecule has 0 N–H and O–H groups in total. The molecule has 0 saturated heterocycles. The Morgan fingerprint density at radius 1 is 1.35 bits per heavy atom. The predicted molar refractivity (Wildman–Crippen MR) is 60.9 cm³/mol. The number of rotatable bonds is 5. The minimum absolute atomic E-state index is 0.0638. The molecule has 0 radical (unpaired) electrons. The van der Waals surface area contributed by atoms with E-state index in [2.05, 4.69) is 0 Å². The molecule has 0 aliphatic heterocycles. The van der Waals surface area contributed by atoms with Gasteiger partial charge in [-0.25, -0.2) is 8.78 Å². The van der Waals surface area contributed by atoms with Crippen LogP contribution in [0.5, 0.6) is 0 Å². The first-order valence-corrected chi connectivity index (χ1v) is 5.73. The second-order valence-electron chi connectivity index (χ2n) is 4.66. The van der Waals surface area contributed by atoms with Gasteiger partial charge in [-0.2, -0.15) is 0 Å². The molecule has 0 atom stereocenters. The summed E-state index contributed by atoms with van der Waals surface area (Å²) in [6.07, 6.45) is 2.37. The molecule has 17 heavy (non-hydrogen) atoms. The van der Waals surface area contributed by atoms with Crippen LogP contribution in [0.15, 0.2) is 18.2 Å². The molecular weight excluding hydrogens is 224 g/mol. The number of ketones is 1. The fraction of sp³-hybridized carbons (Fsp3) is 0.462. The highest BCUT2D eigenvalue weighted by atomic mass is 19.1. The van der Waals surface area contributed by atoms with E-state index >= 15 is 0 Å². The van der Waals surface area contributed by atoms with Gasteiger partial charge in [0, 0.05) is 6.54 Å². The highest BCUT2D eigenvalue weighted by Gasteiger charge is 2.25. The Bertz CT molecular complexity index is 409. The number of likely N-dealkylation sites (N-methyl/N-ethyl adjacent to an activating group) is 1. The fourth-order valence-corrected chi connectivity index (χ4v) is 1.89. The van der Waals surface area contributed by atoms with Gasteiger partial charge in [-0.05, 0) is 37.9 Å². The zero-order valence-corrected chi connectivity index (χ0v) is 9.75. The Morgan fingerprint density at radius 2 is 1.94 bits per heavy atom. The van der Waals surface area contributed by atoms with Gasteiger partial charge in [0.2, 0.25) is 0 Å². The zero-order chi connectivity index (χ0) is 12.4. The molecule has 1 aromatic rings. The summed E-state index contributed by atoms with van der Waals surface area (Å²) in [6.45, 7) is 0.885. The summed E-state index contributed by atoms with van der Waals surface area (Å²) in [5.41, 5.74) is -0.421. The maximum absolute atomic E-state index is 13.3. The molecule has 0 bridgehead atoms. The number of Topliss-reactive ketones (excluding diaryl/α,β-unsaturated/α-hetero) is 1. The maximum atomic E-state index is 13.3. The molecule has 0 unspecified atom stereocenters. The Labute approximate surface area is 99.2 Å². The third-order valence-corrected chi connectivity index (χ3v) is 2.92. The van der Waals surface area contributed by atoms with Gasteiger partial charge in [0.15, 0.2) is 5.78 Å². The van der Waals surface area contributed by atoms with Crippen LogP contribution in [0.3, 0.4) is 0 Å². The van der Waals surface area contributed by atoms with Crippen LogP contribution in [0, 0.1) is 17.6 Å². The minimum Gasteiger partial charge on any atom is -0.299 e. The first-order chi connectivity index (χ1) is 8.08. The Balaban J connectivity index is 2.03. The van der Waals surface area contributed by atoms with Crippen molar-refractivity contribution in [3.05, 3.63) is 35.4 Å². The van der Waals surface area contributed by atoms with Crippen molar-refractivity contribution < 1.29 is 13.6 Å². The van der Waals surface area contributed by atoms with E-state index in [0.29, 0.717) is 5.92 Å². The highest BCUT2D eigenvalue weighted by molar-refractivity contribution is 5.98. The number of hydrogen-bond donors (Lipinski definition) is 0. The summed E-state index contributed by atoms with van der Waals surface area (Å²) in [4.78, 5) is 13.6. The first-order valence-electron chi connectivity index (χ1n) is 5.73.